The summed E-state index contributed by atoms with van der Waals surface area (Å²) in [6, 6.07) is 7.64. The van der Waals surface area contributed by atoms with Crippen molar-refractivity contribution in [1.29, 1.82) is 0 Å². The molecule has 2 aliphatic rings. The molecular formula is C19H26ClNO2. The first kappa shape index (κ1) is 16.8. The Kier molecular flexibility index (Phi) is 5.60. The fourth-order valence-electron chi connectivity index (χ4n) is 4.10. The molecule has 3 rings (SSSR count). The smallest absolute Gasteiger partial charge is 0.303 e. The molecule has 1 aromatic rings. The summed E-state index contributed by atoms with van der Waals surface area (Å²) in [7, 11) is 0. The maximum absolute atomic E-state index is 11.4. The van der Waals surface area contributed by atoms with Crippen LogP contribution in [-0.4, -0.2) is 30.5 Å². The SMILES string of the molecule is CC(=O)O[C@H](CCN1CC[C@@H]2CC[C@@H](C2)C1)c1ccc(Cl)cc1. The first-order valence-corrected chi connectivity index (χ1v) is 9.13. The second kappa shape index (κ2) is 7.67. The quantitative estimate of drug-likeness (QED) is 0.744. The van der Waals surface area contributed by atoms with Gasteiger partial charge in [-0.25, -0.2) is 0 Å². The molecule has 1 aliphatic carbocycles. The van der Waals surface area contributed by atoms with Gasteiger partial charge in [-0.05, 0) is 55.3 Å². The minimum Gasteiger partial charge on any atom is -0.458 e. The van der Waals surface area contributed by atoms with Crippen molar-refractivity contribution in [3.05, 3.63) is 34.9 Å². The third kappa shape index (κ3) is 4.71. The van der Waals surface area contributed by atoms with Crippen LogP contribution in [0.4, 0.5) is 0 Å². The second-order valence-corrected chi connectivity index (χ2v) is 7.51. The van der Waals surface area contributed by atoms with E-state index in [9.17, 15) is 4.79 Å². The van der Waals surface area contributed by atoms with Crippen molar-refractivity contribution >= 4 is 17.6 Å². The van der Waals surface area contributed by atoms with Crippen molar-refractivity contribution in [2.45, 2.75) is 45.1 Å². The normalized spacial score (nSPS) is 25.8. The zero-order valence-electron chi connectivity index (χ0n) is 13.8. The maximum Gasteiger partial charge on any atom is 0.303 e. The molecule has 1 heterocycles. The maximum atomic E-state index is 11.4. The lowest BCUT2D eigenvalue weighted by Crippen LogP contribution is -2.31. The molecule has 4 heteroatoms. The number of ether oxygens (including phenoxy) is 1. The third-order valence-electron chi connectivity index (χ3n) is 5.28. The first-order chi connectivity index (χ1) is 11.1. The van der Waals surface area contributed by atoms with E-state index in [2.05, 4.69) is 4.90 Å². The van der Waals surface area contributed by atoms with Crippen LogP contribution in [0.2, 0.25) is 5.02 Å². The highest BCUT2D eigenvalue weighted by atomic mass is 35.5. The number of benzene rings is 1. The Morgan fingerprint density at radius 2 is 2.00 bits per heavy atom. The predicted molar refractivity (Wildman–Crippen MR) is 92.5 cm³/mol. The number of hydrogen-bond donors (Lipinski definition) is 0. The van der Waals surface area contributed by atoms with Crippen molar-refractivity contribution in [1.82, 2.24) is 4.90 Å². The highest BCUT2D eigenvalue weighted by Gasteiger charge is 2.30. The molecule has 2 bridgehead atoms. The molecule has 1 aromatic carbocycles. The van der Waals surface area contributed by atoms with Crippen molar-refractivity contribution in [3.63, 3.8) is 0 Å². The van der Waals surface area contributed by atoms with Gasteiger partial charge in [-0.2, -0.15) is 0 Å². The molecule has 0 radical (unpaired) electrons. The Hall–Kier alpha value is -1.06. The summed E-state index contributed by atoms with van der Waals surface area (Å²) in [5.74, 6) is 1.61. The van der Waals surface area contributed by atoms with E-state index in [4.69, 9.17) is 16.3 Å². The van der Waals surface area contributed by atoms with Gasteiger partial charge in [-0.15, -0.1) is 0 Å². The Morgan fingerprint density at radius 3 is 2.74 bits per heavy atom. The number of carbonyl (C=O) groups excluding carboxylic acids is 1. The molecule has 126 valence electrons. The average molecular weight is 336 g/mol. The van der Waals surface area contributed by atoms with E-state index in [1.165, 1.54) is 45.7 Å². The number of likely N-dealkylation sites (tertiary alicyclic amines) is 1. The Balaban J connectivity index is 1.59. The number of fused-ring (bicyclic) bond motifs is 2. The molecule has 23 heavy (non-hydrogen) atoms. The van der Waals surface area contributed by atoms with Gasteiger partial charge >= 0.3 is 5.97 Å². The number of nitrogens with zero attached hydrogens (tertiary/aromatic N) is 1. The van der Waals surface area contributed by atoms with Crippen LogP contribution < -0.4 is 0 Å². The van der Waals surface area contributed by atoms with E-state index in [0.29, 0.717) is 5.02 Å². The lowest BCUT2D eigenvalue weighted by Gasteiger charge is -2.27. The van der Waals surface area contributed by atoms with Crippen LogP contribution in [0.1, 0.15) is 50.7 Å². The van der Waals surface area contributed by atoms with E-state index < -0.39 is 0 Å². The third-order valence-corrected chi connectivity index (χ3v) is 5.53. The van der Waals surface area contributed by atoms with Crippen LogP contribution in [-0.2, 0) is 9.53 Å². The molecule has 0 N–H and O–H groups in total. The van der Waals surface area contributed by atoms with Gasteiger partial charge in [0.1, 0.15) is 6.10 Å². The van der Waals surface area contributed by atoms with Crippen molar-refractivity contribution in [2.24, 2.45) is 11.8 Å². The van der Waals surface area contributed by atoms with Crippen LogP contribution in [0, 0.1) is 11.8 Å². The fraction of sp³-hybridized carbons (Fsp3) is 0.632. The van der Waals surface area contributed by atoms with Crippen LogP contribution >= 0.6 is 11.6 Å². The largest absolute Gasteiger partial charge is 0.458 e. The number of hydrogen-bond acceptors (Lipinski definition) is 3. The predicted octanol–water partition coefficient (Wildman–Crippen LogP) is 4.46. The first-order valence-electron chi connectivity index (χ1n) is 8.75. The standard InChI is InChI=1S/C19H26ClNO2/c1-14(22)23-19(17-4-6-18(20)7-5-17)9-11-21-10-8-15-2-3-16(12-15)13-21/h4-7,15-16,19H,2-3,8-13H2,1H3/t15-,16-,19+/m0/s1. The molecule has 1 saturated heterocycles. The van der Waals surface area contributed by atoms with Crippen LogP contribution in [0.5, 0.6) is 0 Å². The van der Waals surface area contributed by atoms with Crippen LogP contribution in [0.3, 0.4) is 0 Å². The van der Waals surface area contributed by atoms with Gasteiger partial charge in [0.2, 0.25) is 0 Å². The van der Waals surface area contributed by atoms with Gasteiger partial charge in [0.15, 0.2) is 0 Å². The molecular weight excluding hydrogens is 310 g/mol. The molecule has 2 fully saturated rings. The van der Waals surface area contributed by atoms with E-state index in [1.54, 1.807) is 0 Å². The Labute approximate surface area is 144 Å². The summed E-state index contributed by atoms with van der Waals surface area (Å²) in [5, 5.41) is 0.707. The molecule has 3 nitrogen and oxygen atoms in total. The Morgan fingerprint density at radius 1 is 1.26 bits per heavy atom. The lowest BCUT2D eigenvalue weighted by atomic mass is 10.0. The monoisotopic (exact) mass is 335 g/mol. The summed E-state index contributed by atoms with van der Waals surface area (Å²) in [6.45, 7) is 4.87. The minimum absolute atomic E-state index is 0.176. The number of carbonyl (C=O) groups is 1. The fourth-order valence-corrected chi connectivity index (χ4v) is 4.23. The van der Waals surface area contributed by atoms with Gasteiger partial charge < -0.3 is 9.64 Å². The average Bonchev–Trinajstić information content (AvgIpc) is 2.85. The van der Waals surface area contributed by atoms with Gasteiger partial charge in [-0.1, -0.05) is 30.2 Å². The van der Waals surface area contributed by atoms with Gasteiger partial charge in [0, 0.05) is 31.5 Å². The second-order valence-electron chi connectivity index (χ2n) is 7.07. The number of esters is 1. The molecule has 0 aromatic heterocycles. The topological polar surface area (TPSA) is 29.5 Å². The lowest BCUT2D eigenvalue weighted by molar-refractivity contribution is -0.147. The summed E-state index contributed by atoms with van der Waals surface area (Å²) in [4.78, 5) is 14.0. The Bertz CT molecular complexity index is 531. The molecule has 0 unspecified atom stereocenters. The minimum atomic E-state index is -0.222. The highest BCUT2D eigenvalue weighted by Crippen LogP contribution is 2.36. The van der Waals surface area contributed by atoms with Crippen LogP contribution in [0.25, 0.3) is 0 Å². The molecule has 1 saturated carbocycles. The summed E-state index contributed by atoms with van der Waals surface area (Å²) in [6.07, 6.45) is 6.24. The summed E-state index contributed by atoms with van der Waals surface area (Å²) < 4.78 is 5.55. The van der Waals surface area contributed by atoms with Crippen LogP contribution in [0.15, 0.2) is 24.3 Å². The van der Waals surface area contributed by atoms with Crippen molar-refractivity contribution < 1.29 is 9.53 Å². The van der Waals surface area contributed by atoms with Crippen molar-refractivity contribution in [3.8, 4) is 0 Å². The van der Waals surface area contributed by atoms with E-state index in [1.807, 2.05) is 24.3 Å². The zero-order chi connectivity index (χ0) is 16.2. The highest BCUT2D eigenvalue weighted by molar-refractivity contribution is 6.30. The van der Waals surface area contributed by atoms with E-state index in [0.717, 1.165) is 30.4 Å². The van der Waals surface area contributed by atoms with Gasteiger partial charge in [0.05, 0.1) is 0 Å². The summed E-state index contributed by atoms with van der Waals surface area (Å²) >= 11 is 5.96. The zero-order valence-corrected chi connectivity index (χ0v) is 14.6. The molecule has 3 atom stereocenters. The van der Waals surface area contributed by atoms with E-state index >= 15 is 0 Å². The van der Waals surface area contributed by atoms with E-state index in [-0.39, 0.29) is 12.1 Å². The van der Waals surface area contributed by atoms with Crippen molar-refractivity contribution in [2.75, 3.05) is 19.6 Å². The van der Waals surface area contributed by atoms with Gasteiger partial charge in [-0.3, -0.25) is 4.79 Å². The number of halogens is 1. The molecule has 0 amide bonds. The molecule has 0 spiro atoms. The molecule has 1 aliphatic heterocycles. The summed E-state index contributed by atoms with van der Waals surface area (Å²) in [5.41, 5.74) is 1.03. The number of rotatable bonds is 5. The van der Waals surface area contributed by atoms with Gasteiger partial charge in [0.25, 0.3) is 0 Å².